The molecule has 0 unspecified atom stereocenters. The van der Waals surface area contributed by atoms with E-state index in [-0.39, 0.29) is 11.9 Å². The minimum atomic E-state index is -2.19. The number of hydrogen-bond donors (Lipinski definition) is 4. The number of nitrogens with two attached hydrogens (primary N) is 4. The normalized spacial score (nSPS) is 12.3. The maximum Gasteiger partial charge on any atom is 0.185 e. The van der Waals surface area contributed by atoms with Crippen molar-refractivity contribution in [1.82, 2.24) is 0 Å². The van der Waals surface area contributed by atoms with Crippen LogP contribution in [0.4, 0.5) is 0 Å². The van der Waals surface area contributed by atoms with Gasteiger partial charge in [0.15, 0.2) is 34.9 Å². The molecule has 0 fully saturated rings. The van der Waals surface area contributed by atoms with Crippen LogP contribution in [-0.4, -0.2) is 63.4 Å². The van der Waals surface area contributed by atoms with E-state index in [0.717, 1.165) is 47.0 Å². The molecule has 206 valence electrons. The summed E-state index contributed by atoms with van der Waals surface area (Å²) in [6.45, 7) is 3.60. The highest BCUT2D eigenvalue weighted by Gasteiger charge is 2.12. The number of carboxylic acids is 2. The molecule has 0 saturated carbocycles. The van der Waals surface area contributed by atoms with Crippen LogP contribution >= 0.6 is 0 Å². The van der Waals surface area contributed by atoms with Gasteiger partial charge in [-0.05, 0) is 48.2 Å². The standard InChI is InChI=1S/2C11H15N3O2.C2H2O4/c2*12-11(13)14-4-3-8-1-2-9-10(7-8)16-6-5-15-9;3-1(4)2(5)6/h2*1-2,7H,3-6H2,(H4,12,13,14);(H,3,4)(H,5,6)/p-2. The molecule has 8 N–H and O–H groups in total. The molecule has 2 aromatic carbocycles. The van der Waals surface area contributed by atoms with Gasteiger partial charge in [-0.1, -0.05) is 12.1 Å². The van der Waals surface area contributed by atoms with Crippen molar-refractivity contribution in [1.29, 1.82) is 0 Å². The van der Waals surface area contributed by atoms with Gasteiger partial charge >= 0.3 is 0 Å². The molecule has 0 bridgehead atoms. The topological polar surface area (TPSA) is 246 Å². The molecule has 0 radical (unpaired) electrons. The summed E-state index contributed by atoms with van der Waals surface area (Å²) in [6.07, 6.45) is 1.57. The number of rotatable bonds is 6. The zero-order valence-electron chi connectivity index (χ0n) is 20.6. The maximum absolute atomic E-state index is 8.93. The van der Waals surface area contributed by atoms with Crippen LogP contribution in [0, 0.1) is 0 Å². The van der Waals surface area contributed by atoms with E-state index >= 15 is 0 Å². The largest absolute Gasteiger partial charge is 0.543 e. The predicted molar refractivity (Wildman–Crippen MR) is 134 cm³/mol. The van der Waals surface area contributed by atoms with Crippen molar-refractivity contribution < 1.29 is 38.7 Å². The second-order valence-corrected chi connectivity index (χ2v) is 7.64. The highest BCUT2D eigenvalue weighted by molar-refractivity contribution is 6.25. The molecular formula is C24H30N6O8-2. The zero-order valence-corrected chi connectivity index (χ0v) is 20.6. The number of fused-ring (bicyclic) bond motifs is 2. The van der Waals surface area contributed by atoms with E-state index in [1.807, 2.05) is 36.4 Å². The number of carbonyl (C=O) groups is 2. The van der Waals surface area contributed by atoms with Gasteiger partial charge in [0.1, 0.15) is 26.4 Å². The van der Waals surface area contributed by atoms with Gasteiger partial charge in [0.25, 0.3) is 0 Å². The molecule has 0 saturated heterocycles. The quantitative estimate of drug-likeness (QED) is 0.166. The third-order valence-corrected chi connectivity index (χ3v) is 4.77. The third-order valence-electron chi connectivity index (χ3n) is 4.77. The summed E-state index contributed by atoms with van der Waals surface area (Å²) >= 11 is 0. The summed E-state index contributed by atoms with van der Waals surface area (Å²) in [6, 6.07) is 11.8. The third kappa shape index (κ3) is 10.8. The highest BCUT2D eigenvalue weighted by atomic mass is 16.6. The van der Waals surface area contributed by atoms with Gasteiger partial charge in [-0.25, -0.2) is 0 Å². The number of nitrogens with zero attached hydrogens (tertiary/aromatic N) is 2. The SMILES string of the molecule is NC(N)=NCCc1ccc2c(c1)OCCO2.NC(N)=NCCc1ccc2c(c1)OCCO2.O=C([O-])C(=O)[O-]. The number of aliphatic imine (C=N–C) groups is 2. The van der Waals surface area contributed by atoms with E-state index < -0.39 is 11.9 Å². The van der Waals surface area contributed by atoms with E-state index in [9.17, 15) is 0 Å². The summed E-state index contributed by atoms with van der Waals surface area (Å²) in [5.41, 5.74) is 23.3. The van der Waals surface area contributed by atoms with Crippen LogP contribution in [0.5, 0.6) is 23.0 Å². The number of benzene rings is 2. The van der Waals surface area contributed by atoms with Crippen LogP contribution in [0.25, 0.3) is 0 Å². The van der Waals surface area contributed by atoms with Crippen molar-refractivity contribution in [3.05, 3.63) is 47.5 Å². The van der Waals surface area contributed by atoms with Crippen LogP contribution in [0.2, 0.25) is 0 Å². The van der Waals surface area contributed by atoms with Crippen molar-refractivity contribution in [2.75, 3.05) is 39.5 Å². The minimum absolute atomic E-state index is 0.123. The van der Waals surface area contributed by atoms with Gasteiger partial charge in [-0.15, -0.1) is 0 Å². The average Bonchev–Trinajstić information content (AvgIpc) is 2.89. The summed E-state index contributed by atoms with van der Waals surface area (Å²) in [4.78, 5) is 25.7. The second kappa shape index (κ2) is 15.3. The van der Waals surface area contributed by atoms with Gasteiger partial charge in [-0.3, -0.25) is 9.98 Å². The second-order valence-electron chi connectivity index (χ2n) is 7.64. The molecule has 2 aliphatic heterocycles. The van der Waals surface area contributed by atoms with Crippen LogP contribution < -0.4 is 52.1 Å². The summed E-state index contributed by atoms with van der Waals surface area (Å²) in [5, 5.41) is 17.9. The van der Waals surface area contributed by atoms with Crippen LogP contribution in [-0.2, 0) is 22.4 Å². The number of carboxylic acid groups (broad SMARTS) is 2. The Hall–Kier alpha value is -4.88. The van der Waals surface area contributed by atoms with Crippen molar-refractivity contribution in [2.45, 2.75) is 12.8 Å². The lowest BCUT2D eigenvalue weighted by atomic mass is 10.1. The van der Waals surface area contributed by atoms with E-state index in [4.69, 9.17) is 61.7 Å². The van der Waals surface area contributed by atoms with Gasteiger partial charge in [0, 0.05) is 13.1 Å². The highest BCUT2D eigenvalue weighted by Crippen LogP contribution is 2.31. The first-order valence-electron chi connectivity index (χ1n) is 11.5. The molecule has 0 atom stereocenters. The fraction of sp³-hybridized carbons (Fsp3) is 0.333. The van der Waals surface area contributed by atoms with Gasteiger partial charge in [0.05, 0.1) is 11.9 Å². The van der Waals surface area contributed by atoms with E-state index in [1.165, 1.54) is 0 Å². The van der Waals surface area contributed by atoms with Crippen molar-refractivity contribution in [3.8, 4) is 23.0 Å². The fourth-order valence-corrected chi connectivity index (χ4v) is 3.11. The summed E-state index contributed by atoms with van der Waals surface area (Å²) in [7, 11) is 0. The van der Waals surface area contributed by atoms with Crippen LogP contribution in [0.15, 0.2) is 46.4 Å². The Kier molecular flexibility index (Phi) is 11.8. The molecule has 2 aliphatic rings. The molecule has 0 amide bonds. The molecule has 14 heteroatoms. The van der Waals surface area contributed by atoms with Crippen molar-refractivity contribution in [2.24, 2.45) is 32.9 Å². The lowest BCUT2D eigenvalue weighted by Gasteiger charge is -2.18. The van der Waals surface area contributed by atoms with Crippen molar-refractivity contribution >= 4 is 23.9 Å². The molecule has 4 rings (SSSR count). The average molecular weight is 531 g/mol. The maximum atomic E-state index is 8.93. The number of guanidine groups is 2. The first kappa shape index (κ1) is 29.4. The Morgan fingerprint density at radius 2 is 0.974 bits per heavy atom. The lowest BCUT2D eigenvalue weighted by Crippen LogP contribution is -2.42. The van der Waals surface area contributed by atoms with Gasteiger partial charge < -0.3 is 61.7 Å². The molecule has 2 heterocycles. The Bertz CT molecular complexity index is 1060. The first-order chi connectivity index (χ1) is 18.2. The van der Waals surface area contributed by atoms with E-state index in [0.29, 0.717) is 39.5 Å². The van der Waals surface area contributed by atoms with Crippen LogP contribution in [0.1, 0.15) is 11.1 Å². The summed E-state index contributed by atoms with van der Waals surface area (Å²) in [5.74, 6) is -0.921. The lowest BCUT2D eigenvalue weighted by molar-refractivity contribution is -0.345. The molecule has 38 heavy (non-hydrogen) atoms. The number of carbonyl (C=O) groups excluding carboxylic acids is 2. The molecule has 2 aromatic rings. The Morgan fingerprint density at radius 3 is 1.29 bits per heavy atom. The molecule has 0 spiro atoms. The minimum Gasteiger partial charge on any atom is -0.543 e. The Balaban J connectivity index is 0.000000221. The van der Waals surface area contributed by atoms with Crippen LogP contribution in [0.3, 0.4) is 0 Å². The molecule has 0 aromatic heterocycles. The number of aliphatic carboxylic acids is 2. The molecular weight excluding hydrogens is 500 g/mol. The Morgan fingerprint density at radius 1 is 0.632 bits per heavy atom. The van der Waals surface area contributed by atoms with E-state index in [1.54, 1.807) is 0 Å². The van der Waals surface area contributed by atoms with Gasteiger partial charge in [-0.2, -0.15) is 0 Å². The van der Waals surface area contributed by atoms with Crippen molar-refractivity contribution in [3.63, 3.8) is 0 Å². The zero-order chi connectivity index (χ0) is 27.9. The predicted octanol–water partition coefficient (Wildman–Crippen LogP) is -2.97. The number of hydrogen-bond acceptors (Lipinski definition) is 10. The summed E-state index contributed by atoms with van der Waals surface area (Å²) < 4.78 is 21.8. The monoisotopic (exact) mass is 530 g/mol. The Labute approximate surface area is 218 Å². The number of ether oxygens (including phenoxy) is 4. The van der Waals surface area contributed by atoms with Gasteiger partial charge in [0.2, 0.25) is 0 Å². The molecule has 14 nitrogen and oxygen atoms in total. The molecule has 0 aliphatic carbocycles. The first-order valence-corrected chi connectivity index (χ1v) is 11.5. The fourth-order valence-electron chi connectivity index (χ4n) is 3.11. The smallest absolute Gasteiger partial charge is 0.185 e. The van der Waals surface area contributed by atoms with E-state index in [2.05, 4.69) is 9.98 Å².